The van der Waals surface area contributed by atoms with Crippen LogP contribution in [0.4, 0.5) is 11.4 Å². The van der Waals surface area contributed by atoms with E-state index in [1.54, 1.807) is 12.3 Å². The Kier molecular flexibility index (Phi) is 3.40. The monoisotopic (exact) mass is 287 g/mol. The maximum atomic E-state index is 8.95. The van der Waals surface area contributed by atoms with Crippen LogP contribution in [0.2, 0.25) is 0 Å². The van der Waals surface area contributed by atoms with Crippen molar-refractivity contribution < 1.29 is 0 Å². The Hall–Kier alpha value is -1.86. The molecule has 84 valence electrons. The van der Waals surface area contributed by atoms with Gasteiger partial charge in [-0.25, -0.2) is 4.98 Å². The van der Waals surface area contributed by atoms with E-state index in [1.165, 1.54) is 5.56 Å². The molecular formula is C13H10BrN3. The number of hydrogen-bond acceptors (Lipinski definition) is 3. The molecule has 0 bridgehead atoms. The molecule has 2 rings (SSSR count). The lowest BCUT2D eigenvalue weighted by atomic mass is 10.2. The van der Waals surface area contributed by atoms with E-state index in [0.29, 0.717) is 11.4 Å². The molecule has 0 radical (unpaired) electrons. The van der Waals surface area contributed by atoms with Gasteiger partial charge in [0.1, 0.15) is 6.07 Å². The molecule has 1 N–H and O–H groups in total. The third-order valence-corrected chi connectivity index (χ3v) is 2.96. The summed E-state index contributed by atoms with van der Waals surface area (Å²) >= 11 is 3.49. The lowest BCUT2D eigenvalue weighted by molar-refractivity contribution is 1.26. The zero-order valence-electron chi connectivity index (χ0n) is 9.24. The molecule has 1 aromatic carbocycles. The van der Waals surface area contributed by atoms with Crippen molar-refractivity contribution in [3.05, 3.63) is 52.3 Å². The molecule has 0 amide bonds. The SMILES string of the molecule is Cc1ccc(Nc2cccnc2C#N)c(Br)c1. The normalized spacial score (nSPS) is 9.71. The van der Waals surface area contributed by atoms with Crippen LogP contribution >= 0.6 is 15.9 Å². The third-order valence-electron chi connectivity index (χ3n) is 2.31. The van der Waals surface area contributed by atoms with Gasteiger partial charge in [0.2, 0.25) is 0 Å². The quantitative estimate of drug-likeness (QED) is 0.915. The van der Waals surface area contributed by atoms with Crippen LogP contribution < -0.4 is 5.32 Å². The minimum atomic E-state index is 0.389. The van der Waals surface area contributed by atoms with Gasteiger partial charge >= 0.3 is 0 Å². The summed E-state index contributed by atoms with van der Waals surface area (Å²) in [5.41, 5.74) is 3.19. The first kappa shape index (κ1) is 11.6. The van der Waals surface area contributed by atoms with Crippen molar-refractivity contribution >= 4 is 27.3 Å². The Morgan fingerprint density at radius 3 is 2.82 bits per heavy atom. The van der Waals surface area contributed by atoms with Crippen LogP contribution in [-0.2, 0) is 0 Å². The van der Waals surface area contributed by atoms with E-state index >= 15 is 0 Å². The van der Waals surface area contributed by atoms with Gasteiger partial charge in [-0.1, -0.05) is 6.07 Å². The molecule has 0 unspecified atom stereocenters. The average Bonchev–Trinajstić information content (AvgIpc) is 2.33. The summed E-state index contributed by atoms with van der Waals surface area (Å²) in [4.78, 5) is 4.00. The Labute approximate surface area is 108 Å². The third kappa shape index (κ3) is 2.63. The summed E-state index contributed by atoms with van der Waals surface area (Å²) in [5.74, 6) is 0. The van der Waals surface area contributed by atoms with E-state index in [-0.39, 0.29) is 0 Å². The van der Waals surface area contributed by atoms with Crippen molar-refractivity contribution in [1.29, 1.82) is 5.26 Å². The smallest absolute Gasteiger partial charge is 0.163 e. The molecule has 0 fully saturated rings. The Morgan fingerprint density at radius 2 is 2.12 bits per heavy atom. The van der Waals surface area contributed by atoms with Crippen LogP contribution in [0.1, 0.15) is 11.3 Å². The first-order valence-corrected chi connectivity index (χ1v) is 5.88. The van der Waals surface area contributed by atoms with Crippen LogP contribution in [0.25, 0.3) is 0 Å². The Morgan fingerprint density at radius 1 is 1.29 bits per heavy atom. The highest BCUT2D eigenvalue weighted by molar-refractivity contribution is 9.10. The predicted octanol–water partition coefficient (Wildman–Crippen LogP) is 3.77. The predicted molar refractivity (Wildman–Crippen MR) is 71.1 cm³/mol. The number of aryl methyl sites for hydroxylation is 1. The number of hydrogen-bond donors (Lipinski definition) is 1. The van der Waals surface area contributed by atoms with E-state index in [0.717, 1.165) is 10.2 Å². The molecule has 1 heterocycles. The zero-order valence-corrected chi connectivity index (χ0v) is 10.8. The van der Waals surface area contributed by atoms with Crippen molar-refractivity contribution in [3.63, 3.8) is 0 Å². The fourth-order valence-corrected chi connectivity index (χ4v) is 2.05. The number of nitrogens with zero attached hydrogens (tertiary/aromatic N) is 2. The molecule has 17 heavy (non-hydrogen) atoms. The molecule has 0 saturated heterocycles. The molecule has 0 aliphatic heterocycles. The average molecular weight is 288 g/mol. The van der Waals surface area contributed by atoms with Gasteiger partial charge in [-0.05, 0) is 52.7 Å². The maximum Gasteiger partial charge on any atom is 0.163 e. The van der Waals surface area contributed by atoms with Crippen LogP contribution in [-0.4, -0.2) is 4.98 Å². The van der Waals surface area contributed by atoms with Gasteiger partial charge in [0.15, 0.2) is 5.69 Å². The molecule has 3 nitrogen and oxygen atoms in total. The van der Waals surface area contributed by atoms with E-state index < -0.39 is 0 Å². The van der Waals surface area contributed by atoms with Gasteiger partial charge in [0, 0.05) is 10.7 Å². The highest BCUT2D eigenvalue weighted by atomic mass is 79.9. The largest absolute Gasteiger partial charge is 0.352 e. The van der Waals surface area contributed by atoms with Gasteiger partial charge in [0.25, 0.3) is 0 Å². The summed E-state index contributed by atoms with van der Waals surface area (Å²) in [5, 5.41) is 12.1. The molecular weight excluding hydrogens is 278 g/mol. The summed E-state index contributed by atoms with van der Waals surface area (Å²) < 4.78 is 0.963. The highest BCUT2D eigenvalue weighted by Gasteiger charge is 2.05. The number of pyridine rings is 1. The van der Waals surface area contributed by atoms with Crippen molar-refractivity contribution in [2.75, 3.05) is 5.32 Å². The topological polar surface area (TPSA) is 48.7 Å². The minimum absolute atomic E-state index is 0.389. The van der Waals surface area contributed by atoms with Crippen molar-refractivity contribution in [2.24, 2.45) is 0 Å². The lowest BCUT2D eigenvalue weighted by Gasteiger charge is -2.09. The van der Waals surface area contributed by atoms with Crippen LogP contribution in [0, 0.1) is 18.3 Å². The Bertz CT molecular complexity index is 587. The Balaban J connectivity index is 2.35. The molecule has 1 aromatic heterocycles. The van der Waals surface area contributed by atoms with Crippen LogP contribution in [0.15, 0.2) is 41.0 Å². The fourth-order valence-electron chi connectivity index (χ4n) is 1.46. The van der Waals surface area contributed by atoms with Crippen LogP contribution in [0.3, 0.4) is 0 Å². The number of nitrogens with one attached hydrogen (secondary N) is 1. The summed E-state index contributed by atoms with van der Waals surface area (Å²) in [6, 6.07) is 11.7. The maximum absolute atomic E-state index is 8.95. The summed E-state index contributed by atoms with van der Waals surface area (Å²) in [7, 11) is 0. The first-order valence-electron chi connectivity index (χ1n) is 5.09. The number of anilines is 2. The van der Waals surface area contributed by atoms with Gasteiger partial charge in [-0.15, -0.1) is 0 Å². The zero-order chi connectivity index (χ0) is 12.3. The van der Waals surface area contributed by atoms with Crippen molar-refractivity contribution in [3.8, 4) is 6.07 Å². The lowest BCUT2D eigenvalue weighted by Crippen LogP contribution is -1.96. The standard InChI is InChI=1S/C13H10BrN3/c1-9-4-5-11(10(14)7-9)17-12-3-2-6-16-13(12)8-15/h2-7,17H,1H3. The highest BCUT2D eigenvalue weighted by Crippen LogP contribution is 2.27. The molecule has 0 aliphatic rings. The van der Waals surface area contributed by atoms with Gasteiger partial charge in [-0.2, -0.15) is 5.26 Å². The molecule has 0 saturated carbocycles. The number of benzene rings is 1. The van der Waals surface area contributed by atoms with Gasteiger partial charge < -0.3 is 5.32 Å². The van der Waals surface area contributed by atoms with E-state index in [1.807, 2.05) is 31.2 Å². The second kappa shape index (κ2) is 4.98. The summed E-state index contributed by atoms with van der Waals surface area (Å²) in [6.45, 7) is 2.03. The number of aromatic nitrogens is 1. The van der Waals surface area contributed by atoms with Crippen molar-refractivity contribution in [2.45, 2.75) is 6.92 Å². The molecule has 0 aliphatic carbocycles. The van der Waals surface area contributed by atoms with Crippen molar-refractivity contribution in [1.82, 2.24) is 4.98 Å². The summed E-state index contributed by atoms with van der Waals surface area (Å²) in [6.07, 6.45) is 1.61. The van der Waals surface area contributed by atoms with Crippen LogP contribution in [0.5, 0.6) is 0 Å². The minimum Gasteiger partial charge on any atom is -0.352 e. The molecule has 0 atom stereocenters. The number of nitriles is 1. The van der Waals surface area contributed by atoms with Gasteiger partial charge in [-0.3, -0.25) is 0 Å². The number of halogens is 1. The second-order valence-electron chi connectivity index (χ2n) is 3.62. The number of rotatable bonds is 2. The van der Waals surface area contributed by atoms with E-state index in [4.69, 9.17) is 5.26 Å². The second-order valence-corrected chi connectivity index (χ2v) is 4.47. The molecule has 2 aromatic rings. The van der Waals surface area contributed by atoms with E-state index in [9.17, 15) is 0 Å². The molecule has 0 spiro atoms. The van der Waals surface area contributed by atoms with Gasteiger partial charge in [0.05, 0.1) is 11.4 Å². The van der Waals surface area contributed by atoms with E-state index in [2.05, 4.69) is 32.3 Å². The first-order chi connectivity index (χ1) is 8.20. The fraction of sp³-hybridized carbons (Fsp3) is 0.0769. The molecule has 4 heteroatoms.